The first kappa shape index (κ1) is 33.1. The lowest BCUT2D eigenvalue weighted by Crippen LogP contribution is -2.37. The van der Waals surface area contributed by atoms with Gasteiger partial charge in [0.05, 0.1) is 41.5 Å². The van der Waals surface area contributed by atoms with Gasteiger partial charge in [0.15, 0.2) is 5.65 Å². The number of hydrogen-bond donors (Lipinski definition) is 2. The molecule has 0 aliphatic carbocycles. The Morgan fingerprint density at radius 1 is 1.13 bits per heavy atom. The molecule has 0 spiro atoms. The summed E-state index contributed by atoms with van der Waals surface area (Å²) in [5, 5.41) is 10.8. The zero-order valence-corrected chi connectivity index (χ0v) is 29.6. The van der Waals surface area contributed by atoms with Crippen molar-refractivity contribution < 1.29 is 19.0 Å². The van der Waals surface area contributed by atoms with Crippen molar-refractivity contribution in [3.05, 3.63) is 40.3 Å². The van der Waals surface area contributed by atoms with Crippen molar-refractivity contribution >= 4 is 58.7 Å². The number of amides is 1. The topological polar surface area (TPSA) is 133 Å². The van der Waals surface area contributed by atoms with Gasteiger partial charge in [-0.05, 0) is 60.8 Å². The molecule has 13 nitrogen and oxygen atoms in total. The maximum atomic E-state index is 12.3. The molecular weight excluding hydrogens is 658 g/mol. The first-order valence-electron chi connectivity index (χ1n) is 15.4. The Morgan fingerprint density at radius 3 is 2.64 bits per heavy atom. The number of halogens is 1. The van der Waals surface area contributed by atoms with E-state index in [0.29, 0.717) is 63.6 Å². The van der Waals surface area contributed by atoms with Gasteiger partial charge in [0.1, 0.15) is 18.2 Å². The van der Waals surface area contributed by atoms with Crippen LogP contribution in [0, 0.1) is 0 Å². The average Bonchev–Trinajstić information content (AvgIpc) is 3.53. The van der Waals surface area contributed by atoms with Crippen molar-refractivity contribution in [1.82, 2.24) is 34.4 Å². The molecule has 15 heteroatoms. The van der Waals surface area contributed by atoms with Gasteiger partial charge in [0, 0.05) is 34.3 Å². The number of hydrogen-bond acceptors (Lipinski definition) is 10. The minimum atomic E-state index is -1.26. The number of morpholine rings is 1. The van der Waals surface area contributed by atoms with Gasteiger partial charge in [-0.25, -0.2) is 9.78 Å². The van der Waals surface area contributed by atoms with Gasteiger partial charge in [-0.15, -0.1) is 0 Å². The number of ether oxygens (including phenoxy) is 3. The van der Waals surface area contributed by atoms with Gasteiger partial charge >= 0.3 is 6.09 Å². The van der Waals surface area contributed by atoms with Crippen LogP contribution in [0.2, 0.25) is 25.7 Å². The van der Waals surface area contributed by atoms with Crippen LogP contribution in [0.15, 0.2) is 28.9 Å². The fourth-order valence-corrected chi connectivity index (χ4v) is 6.05. The van der Waals surface area contributed by atoms with Crippen molar-refractivity contribution in [2.75, 3.05) is 49.7 Å². The van der Waals surface area contributed by atoms with E-state index >= 15 is 0 Å². The summed E-state index contributed by atoms with van der Waals surface area (Å²) in [5.74, 6) is 1.99. The summed E-state index contributed by atoms with van der Waals surface area (Å²) in [6, 6.07) is 7.14. The highest BCUT2D eigenvalue weighted by Crippen LogP contribution is 2.25. The average molecular weight is 703 g/mol. The standard InChI is InChI=1S/C30H44BrN9O4Si/c1-30(2,3)44-29(41)32-11-10-21-8-7-9-23-25(21)39(20-43-16-17-45(4,5)6)24(35-23)19-33-27-37-28(38-12-14-42-15-13-38)36-26-22(31)18-34-40(26)27/h7-9,18H,10-17,19-20H2,1-6H3,(H,32,41)(H,33,36,37). The summed E-state index contributed by atoms with van der Waals surface area (Å²) < 4.78 is 21.8. The highest BCUT2D eigenvalue weighted by molar-refractivity contribution is 9.10. The number of carbonyl (C=O) groups is 1. The monoisotopic (exact) mass is 701 g/mol. The molecule has 4 aromatic rings. The molecule has 4 heterocycles. The molecule has 0 atom stereocenters. The van der Waals surface area contributed by atoms with Crippen molar-refractivity contribution in [3.63, 3.8) is 0 Å². The Labute approximate surface area is 273 Å². The maximum absolute atomic E-state index is 12.3. The lowest BCUT2D eigenvalue weighted by Gasteiger charge is -2.27. The van der Waals surface area contributed by atoms with E-state index < -0.39 is 19.8 Å². The van der Waals surface area contributed by atoms with Crippen LogP contribution in [-0.2, 0) is 33.9 Å². The highest BCUT2D eigenvalue weighted by Gasteiger charge is 2.21. The zero-order valence-electron chi connectivity index (χ0n) is 27.0. The number of benzene rings is 1. The number of anilines is 2. The van der Waals surface area contributed by atoms with Crippen LogP contribution in [0.4, 0.5) is 16.7 Å². The van der Waals surface area contributed by atoms with Gasteiger partial charge < -0.3 is 34.3 Å². The van der Waals surface area contributed by atoms with Gasteiger partial charge in [-0.1, -0.05) is 31.8 Å². The number of nitrogens with one attached hydrogen (secondary N) is 2. The van der Waals surface area contributed by atoms with E-state index in [2.05, 4.69) is 66.8 Å². The molecule has 1 aromatic carbocycles. The molecule has 0 saturated carbocycles. The Bertz CT molecular complexity index is 1620. The molecule has 2 N–H and O–H groups in total. The molecule has 244 valence electrons. The number of aromatic nitrogens is 6. The molecular formula is C30H44BrN9O4Si. The number of rotatable bonds is 12. The normalized spacial score (nSPS) is 14.3. The Morgan fingerprint density at radius 2 is 1.91 bits per heavy atom. The fraction of sp³-hybridized carbons (Fsp3) is 0.567. The van der Waals surface area contributed by atoms with E-state index in [-0.39, 0.29) is 0 Å². The molecule has 45 heavy (non-hydrogen) atoms. The molecule has 0 unspecified atom stereocenters. The second kappa shape index (κ2) is 14.0. The van der Waals surface area contributed by atoms with E-state index in [1.165, 1.54) is 0 Å². The molecule has 1 aliphatic rings. The largest absolute Gasteiger partial charge is 0.444 e. The second-order valence-corrected chi connectivity index (χ2v) is 19.8. The summed E-state index contributed by atoms with van der Waals surface area (Å²) >= 11 is 3.58. The third-order valence-corrected chi connectivity index (χ3v) is 9.48. The summed E-state index contributed by atoms with van der Waals surface area (Å²) in [6.07, 6.45) is 1.90. The lowest BCUT2D eigenvalue weighted by molar-refractivity contribution is 0.0528. The van der Waals surface area contributed by atoms with E-state index in [0.717, 1.165) is 46.0 Å². The number of para-hydroxylation sites is 1. The number of fused-ring (bicyclic) bond motifs is 2. The SMILES string of the molecule is CC(C)(C)OC(=O)NCCc1cccc2nc(CNc3nc(N4CCOCC4)nc4c(Br)cnn34)n(COCC[Si](C)(C)C)c12. The minimum absolute atomic E-state index is 0.361. The van der Waals surface area contributed by atoms with E-state index in [1.807, 2.05) is 32.9 Å². The van der Waals surface area contributed by atoms with Crippen molar-refractivity contribution in [2.45, 2.75) is 71.8 Å². The quantitative estimate of drug-likeness (QED) is 0.152. The van der Waals surface area contributed by atoms with Gasteiger partial charge in [0.25, 0.3) is 0 Å². The third kappa shape index (κ3) is 8.71. The molecule has 1 amide bonds. The molecule has 0 bridgehead atoms. The molecule has 5 rings (SSSR count). The zero-order chi connectivity index (χ0) is 32.2. The number of alkyl carbamates (subject to hydrolysis) is 1. The second-order valence-electron chi connectivity index (χ2n) is 13.3. The maximum Gasteiger partial charge on any atom is 0.407 e. The summed E-state index contributed by atoms with van der Waals surface area (Å²) in [4.78, 5) is 29.0. The van der Waals surface area contributed by atoms with Crippen molar-refractivity contribution in [1.29, 1.82) is 0 Å². The van der Waals surface area contributed by atoms with Gasteiger partial charge in [0.2, 0.25) is 11.9 Å². The first-order chi connectivity index (χ1) is 21.4. The molecule has 3 aromatic heterocycles. The lowest BCUT2D eigenvalue weighted by atomic mass is 10.1. The summed E-state index contributed by atoms with van der Waals surface area (Å²) in [6.45, 7) is 17.1. The Kier molecular flexibility index (Phi) is 10.3. The van der Waals surface area contributed by atoms with Crippen LogP contribution in [0.3, 0.4) is 0 Å². The van der Waals surface area contributed by atoms with Gasteiger partial charge in [-0.2, -0.15) is 19.6 Å². The minimum Gasteiger partial charge on any atom is -0.444 e. The van der Waals surface area contributed by atoms with Crippen molar-refractivity contribution in [2.24, 2.45) is 0 Å². The first-order valence-corrected chi connectivity index (χ1v) is 19.9. The summed E-state index contributed by atoms with van der Waals surface area (Å²) in [7, 11) is -1.26. The highest BCUT2D eigenvalue weighted by atomic mass is 79.9. The van der Waals surface area contributed by atoms with E-state index in [9.17, 15) is 4.79 Å². The van der Waals surface area contributed by atoms with Crippen LogP contribution in [-0.4, -0.2) is 88.4 Å². The number of nitrogens with zero attached hydrogens (tertiary/aromatic N) is 7. The van der Waals surface area contributed by atoms with E-state index in [1.54, 1.807) is 10.7 Å². The molecule has 1 saturated heterocycles. The number of imidazole rings is 1. The Hall–Kier alpha value is -3.27. The number of carbonyl (C=O) groups excluding carboxylic acids is 1. The third-order valence-electron chi connectivity index (χ3n) is 7.22. The molecule has 1 fully saturated rings. The van der Waals surface area contributed by atoms with Crippen LogP contribution >= 0.6 is 15.9 Å². The van der Waals surface area contributed by atoms with Gasteiger partial charge in [-0.3, -0.25) is 0 Å². The fourth-order valence-electron chi connectivity index (χ4n) is 4.95. The summed E-state index contributed by atoms with van der Waals surface area (Å²) in [5.41, 5.74) is 3.03. The molecule has 1 aliphatic heterocycles. The Balaban J connectivity index is 1.41. The van der Waals surface area contributed by atoms with Crippen LogP contribution in [0.5, 0.6) is 0 Å². The predicted octanol–water partition coefficient (Wildman–Crippen LogP) is 5.06. The smallest absolute Gasteiger partial charge is 0.407 e. The van der Waals surface area contributed by atoms with Crippen LogP contribution in [0.25, 0.3) is 16.7 Å². The van der Waals surface area contributed by atoms with Crippen LogP contribution < -0.4 is 15.5 Å². The molecule has 0 radical (unpaired) electrons. The van der Waals surface area contributed by atoms with Crippen LogP contribution in [0.1, 0.15) is 32.2 Å². The van der Waals surface area contributed by atoms with E-state index in [4.69, 9.17) is 29.2 Å². The predicted molar refractivity (Wildman–Crippen MR) is 181 cm³/mol. The van der Waals surface area contributed by atoms with Crippen molar-refractivity contribution in [3.8, 4) is 0 Å².